The summed E-state index contributed by atoms with van der Waals surface area (Å²) in [5.74, 6) is -2.48. The zero-order chi connectivity index (χ0) is 32.9. The number of carbonyl (C=O) groups is 4. The largest absolute Gasteiger partial charge is 0.480 e. The summed E-state index contributed by atoms with van der Waals surface area (Å²) >= 11 is 4.00. The number of rotatable bonds is 13. The van der Waals surface area contributed by atoms with Gasteiger partial charge in [0.15, 0.2) is 0 Å². The molecule has 1 aromatic carbocycles. The van der Waals surface area contributed by atoms with Crippen LogP contribution >= 0.6 is 12.6 Å². The molecule has 0 spiro atoms. The van der Waals surface area contributed by atoms with Crippen LogP contribution in [0.25, 0.3) is 10.9 Å². The van der Waals surface area contributed by atoms with Crippen molar-refractivity contribution in [3.05, 3.63) is 47.7 Å². The van der Waals surface area contributed by atoms with Crippen molar-refractivity contribution in [3.8, 4) is 0 Å². The van der Waals surface area contributed by atoms with Crippen LogP contribution in [0.5, 0.6) is 0 Å². The Balaban J connectivity index is 2.36. The number of aromatic nitrogens is 1. The van der Waals surface area contributed by atoms with Gasteiger partial charge in [0.2, 0.25) is 17.7 Å². The highest BCUT2D eigenvalue weighted by molar-refractivity contribution is 7.80. The number of carboxylic acid groups (broad SMARTS) is 1. The van der Waals surface area contributed by atoms with Gasteiger partial charge in [-0.3, -0.25) is 14.4 Å². The zero-order valence-electron chi connectivity index (χ0n) is 27.0. The number of nitrogens with one attached hydrogen (secondary N) is 4. The second-order valence-corrected chi connectivity index (χ2v) is 13.4. The summed E-state index contributed by atoms with van der Waals surface area (Å²) in [6, 6.07) is 4.77. The van der Waals surface area contributed by atoms with Crippen LogP contribution in [-0.4, -0.2) is 82.7 Å². The van der Waals surface area contributed by atoms with E-state index in [-0.39, 0.29) is 29.1 Å². The van der Waals surface area contributed by atoms with Crippen molar-refractivity contribution < 1.29 is 24.3 Å². The van der Waals surface area contributed by atoms with Gasteiger partial charge < -0.3 is 30.9 Å². The summed E-state index contributed by atoms with van der Waals surface area (Å²) in [6.45, 7) is 15.1. The lowest BCUT2D eigenvalue weighted by molar-refractivity contribution is -0.140. The van der Waals surface area contributed by atoms with E-state index in [1.807, 2.05) is 78.9 Å². The van der Waals surface area contributed by atoms with Crippen LogP contribution in [0.1, 0.15) is 61.0 Å². The van der Waals surface area contributed by atoms with E-state index in [1.54, 1.807) is 32.0 Å². The van der Waals surface area contributed by atoms with Crippen molar-refractivity contribution in [2.24, 2.45) is 11.3 Å². The summed E-state index contributed by atoms with van der Waals surface area (Å²) in [7, 11) is 3.38. The molecule has 0 bridgehead atoms. The Morgan fingerprint density at radius 3 is 2.16 bits per heavy atom. The van der Waals surface area contributed by atoms with Gasteiger partial charge in [0.25, 0.3) is 0 Å². The number of fused-ring (bicyclic) bond motifs is 1. The van der Waals surface area contributed by atoms with Crippen LogP contribution in [0, 0.1) is 11.3 Å². The number of benzene rings is 1. The molecule has 5 N–H and O–H groups in total. The molecule has 10 nitrogen and oxygen atoms in total. The highest BCUT2D eigenvalue weighted by Crippen LogP contribution is 2.34. The van der Waals surface area contributed by atoms with E-state index in [9.17, 15) is 24.3 Å². The summed E-state index contributed by atoms with van der Waals surface area (Å²) in [5.41, 5.74) is 0.965. The molecule has 2 aromatic rings. The topological polar surface area (TPSA) is 144 Å². The molecule has 4 atom stereocenters. The predicted octanol–water partition coefficient (Wildman–Crippen LogP) is 3.49. The lowest BCUT2D eigenvalue weighted by atomic mass is 9.76. The SMILES string of the molecule is CN[C@H](C(=O)N[C@H](C(=O)N(C)[C@H](/C=C(\C)C(=O)N[C@@H](CS)C(=O)O)C(C)C)C(C)(C)C)C(C)(C)c1c[nH]c2ccccc12. The molecule has 0 unspecified atom stereocenters. The molecule has 238 valence electrons. The lowest BCUT2D eigenvalue weighted by Crippen LogP contribution is -2.61. The summed E-state index contributed by atoms with van der Waals surface area (Å²) < 4.78 is 0. The summed E-state index contributed by atoms with van der Waals surface area (Å²) in [4.78, 5) is 56.9. The molecular weight excluding hydrogens is 566 g/mol. The fourth-order valence-corrected chi connectivity index (χ4v) is 5.59. The predicted molar refractivity (Wildman–Crippen MR) is 174 cm³/mol. The quantitative estimate of drug-likeness (QED) is 0.150. The molecule has 0 fully saturated rings. The zero-order valence-corrected chi connectivity index (χ0v) is 27.9. The Labute approximate surface area is 260 Å². The maximum absolute atomic E-state index is 14.1. The molecular formula is C32H49N5O5S. The van der Waals surface area contributed by atoms with Gasteiger partial charge >= 0.3 is 5.97 Å². The number of para-hydroxylation sites is 1. The number of aromatic amines is 1. The lowest BCUT2D eigenvalue weighted by Gasteiger charge is -2.39. The first-order valence-electron chi connectivity index (χ1n) is 14.5. The average Bonchev–Trinajstić information content (AvgIpc) is 3.36. The van der Waals surface area contributed by atoms with Crippen molar-refractivity contribution in [2.45, 2.75) is 85.0 Å². The van der Waals surface area contributed by atoms with Gasteiger partial charge in [-0.15, -0.1) is 0 Å². The molecule has 2 rings (SSSR count). The number of H-pyrrole nitrogens is 1. The fraction of sp³-hybridized carbons (Fsp3) is 0.562. The molecule has 0 radical (unpaired) electrons. The maximum Gasteiger partial charge on any atom is 0.327 e. The van der Waals surface area contributed by atoms with E-state index in [4.69, 9.17) is 0 Å². The Kier molecular flexibility index (Phi) is 12.1. The van der Waals surface area contributed by atoms with Gasteiger partial charge in [0.05, 0.1) is 12.1 Å². The number of likely N-dealkylation sites (N-methyl/N-ethyl adjacent to an activating group) is 2. The molecule has 1 aromatic heterocycles. The number of amides is 3. The Hall–Kier alpha value is -3.31. The Morgan fingerprint density at radius 1 is 1.05 bits per heavy atom. The van der Waals surface area contributed by atoms with Gasteiger partial charge in [-0.1, -0.05) is 72.7 Å². The van der Waals surface area contributed by atoms with Gasteiger partial charge in [-0.2, -0.15) is 12.6 Å². The van der Waals surface area contributed by atoms with Crippen LogP contribution < -0.4 is 16.0 Å². The minimum Gasteiger partial charge on any atom is -0.480 e. The highest BCUT2D eigenvalue weighted by Gasteiger charge is 2.42. The first-order chi connectivity index (χ1) is 19.9. The third-order valence-electron chi connectivity index (χ3n) is 8.00. The van der Waals surface area contributed by atoms with Crippen molar-refractivity contribution in [1.82, 2.24) is 25.8 Å². The van der Waals surface area contributed by atoms with Gasteiger partial charge in [0.1, 0.15) is 12.1 Å². The third kappa shape index (κ3) is 8.41. The molecule has 1 heterocycles. The second-order valence-electron chi connectivity index (χ2n) is 13.1. The summed E-state index contributed by atoms with van der Waals surface area (Å²) in [6.07, 6.45) is 3.59. The fourth-order valence-electron chi connectivity index (χ4n) is 5.35. The van der Waals surface area contributed by atoms with E-state index < -0.39 is 46.9 Å². The Bertz CT molecular complexity index is 1340. The van der Waals surface area contributed by atoms with Crippen LogP contribution in [-0.2, 0) is 24.6 Å². The highest BCUT2D eigenvalue weighted by atomic mass is 32.1. The number of hydrogen-bond acceptors (Lipinski definition) is 6. The van der Waals surface area contributed by atoms with Crippen molar-refractivity contribution in [1.29, 1.82) is 0 Å². The minimum atomic E-state index is -1.18. The first kappa shape index (κ1) is 35.9. The van der Waals surface area contributed by atoms with E-state index >= 15 is 0 Å². The Morgan fingerprint density at radius 2 is 1.65 bits per heavy atom. The van der Waals surface area contributed by atoms with Crippen molar-refractivity contribution in [2.75, 3.05) is 19.8 Å². The molecule has 0 saturated heterocycles. The van der Waals surface area contributed by atoms with E-state index in [1.165, 1.54) is 0 Å². The maximum atomic E-state index is 14.1. The van der Waals surface area contributed by atoms with Crippen molar-refractivity contribution >= 4 is 47.2 Å². The van der Waals surface area contributed by atoms with Crippen molar-refractivity contribution in [3.63, 3.8) is 0 Å². The number of hydrogen-bond donors (Lipinski definition) is 6. The molecule has 43 heavy (non-hydrogen) atoms. The summed E-state index contributed by atoms with van der Waals surface area (Å²) in [5, 5.41) is 19.0. The molecule has 0 aliphatic rings. The van der Waals surface area contributed by atoms with Gasteiger partial charge in [0, 0.05) is 40.9 Å². The number of thiol groups is 1. The monoisotopic (exact) mass is 615 g/mol. The number of nitrogens with zero attached hydrogens (tertiary/aromatic N) is 1. The standard InChI is InChI=1S/C32H49N5O5S/c1-18(2)24(15-19(3)27(38)35-23(17-43)30(41)42)37(10)29(40)26(31(4,5)6)36-28(39)25(33-9)32(7,8)21-16-34-22-14-12-11-13-20(21)22/h11-16,18,23-26,33-34,43H,17H2,1-10H3,(H,35,38)(H,36,39)(H,41,42)/b19-15+/t23-,24+,25+,26+/m0/s1. The molecule has 0 saturated carbocycles. The molecule has 0 aliphatic carbocycles. The van der Waals surface area contributed by atoms with Gasteiger partial charge in [-0.25, -0.2) is 4.79 Å². The second kappa shape index (κ2) is 14.4. The molecule has 0 aliphatic heterocycles. The van der Waals surface area contributed by atoms with Crippen LogP contribution in [0.3, 0.4) is 0 Å². The normalized spacial score (nSPS) is 15.5. The minimum absolute atomic E-state index is 0.0575. The van der Waals surface area contributed by atoms with Crippen LogP contribution in [0.2, 0.25) is 0 Å². The van der Waals surface area contributed by atoms with E-state index in [0.717, 1.165) is 16.5 Å². The molecule has 11 heteroatoms. The molecule has 3 amide bonds. The smallest absolute Gasteiger partial charge is 0.327 e. The number of carbonyl (C=O) groups excluding carboxylic acids is 3. The van der Waals surface area contributed by atoms with Gasteiger partial charge in [-0.05, 0) is 36.9 Å². The number of aliphatic carboxylic acids is 1. The first-order valence-corrected chi connectivity index (χ1v) is 15.2. The average molecular weight is 616 g/mol. The van der Waals surface area contributed by atoms with Crippen LogP contribution in [0.15, 0.2) is 42.1 Å². The third-order valence-corrected chi connectivity index (χ3v) is 8.36. The van der Waals surface area contributed by atoms with E-state index in [2.05, 4.69) is 33.6 Å². The van der Waals surface area contributed by atoms with Crippen LogP contribution in [0.4, 0.5) is 0 Å². The number of carboxylic acids is 1. The van der Waals surface area contributed by atoms with E-state index in [0.29, 0.717) is 0 Å².